The van der Waals surface area contributed by atoms with Gasteiger partial charge in [0.05, 0.1) is 4.92 Å². The molecule has 0 bridgehead atoms. The normalized spacial score (nSPS) is 11.9. The van der Waals surface area contributed by atoms with Crippen LogP contribution in [-0.4, -0.2) is 35.8 Å². The van der Waals surface area contributed by atoms with E-state index in [1.807, 2.05) is 0 Å². The molecule has 1 unspecified atom stereocenters. The van der Waals surface area contributed by atoms with E-state index in [0.29, 0.717) is 19.1 Å². The number of carbonyl (C=O) groups is 1. The Balaban J connectivity index is 3.09. The number of hydrogen-bond acceptors (Lipinski definition) is 5. The van der Waals surface area contributed by atoms with Crippen molar-refractivity contribution in [2.45, 2.75) is 19.4 Å². The van der Waals surface area contributed by atoms with E-state index in [9.17, 15) is 19.3 Å². The van der Waals surface area contributed by atoms with Crippen molar-refractivity contribution in [3.8, 4) is 0 Å². The Bertz CT molecular complexity index is 521. The molecule has 20 heavy (non-hydrogen) atoms. The van der Waals surface area contributed by atoms with Gasteiger partial charge >= 0.3 is 5.97 Å². The summed E-state index contributed by atoms with van der Waals surface area (Å²) in [5.74, 6) is -2.57. The molecule has 1 atom stereocenters. The fraction of sp³-hybridized carbons (Fsp3) is 0.417. The number of nitrogens with one attached hydrogen (secondary N) is 1. The lowest BCUT2D eigenvalue weighted by Crippen LogP contribution is -2.18. The fourth-order valence-corrected chi connectivity index (χ4v) is 1.62. The molecule has 0 aliphatic heterocycles. The van der Waals surface area contributed by atoms with Crippen molar-refractivity contribution in [3.63, 3.8) is 0 Å². The molecule has 110 valence electrons. The molecule has 0 aromatic heterocycles. The number of methoxy groups -OCH3 is 1. The number of carboxylic acid groups (broad SMARTS) is 1. The van der Waals surface area contributed by atoms with E-state index in [1.54, 1.807) is 6.92 Å². The maximum atomic E-state index is 13.6. The Hall–Kier alpha value is -2.22. The second kappa shape index (κ2) is 6.80. The van der Waals surface area contributed by atoms with Crippen molar-refractivity contribution in [1.29, 1.82) is 0 Å². The minimum Gasteiger partial charge on any atom is -0.478 e. The highest BCUT2D eigenvalue weighted by atomic mass is 19.1. The van der Waals surface area contributed by atoms with Crippen LogP contribution in [0.3, 0.4) is 0 Å². The Morgan fingerprint density at radius 2 is 2.25 bits per heavy atom. The smallest absolute Gasteiger partial charge is 0.338 e. The van der Waals surface area contributed by atoms with Crippen molar-refractivity contribution < 1.29 is 24.0 Å². The van der Waals surface area contributed by atoms with Gasteiger partial charge in [-0.25, -0.2) is 9.18 Å². The van der Waals surface area contributed by atoms with E-state index in [0.717, 1.165) is 6.07 Å². The lowest BCUT2D eigenvalue weighted by Gasteiger charge is -2.15. The molecular formula is C12H15FN2O5. The third-order valence-electron chi connectivity index (χ3n) is 2.67. The van der Waals surface area contributed by atoms with Crippen LogP contribution in [0.5, 0.6) is 0 Å². The van der Waals surface area contributed by atoms with E-state index in [1.165, 1.54) is 7.11 Å². The Labute approximate surface area is 114 Å². The molecule has 0 aliphatic carbocycles. The van der Waals surface area contributed by atoms with Gasteiger partial charge in [0.15, 0.2) is 0 Å². The molecule has 0 saturated carbocycles. The van der Waals surface area contributed by atoms with Gasteiger partial charge in [0.25, 0.3) is 5.69 Å². The maximum absolute atomic E-state index is 13.6. The van der Waals surface area contributed by atoms with Gasteiger partial charge in [0, 0.05) is 31.9 Å². The zero-order chi connectivity index (χ0) is 15.3. The van der Waals surface area contributed by atoms with Crippen molar-refractivity contribution in [1.82, 2.24) is 0 Å². The molecule has 2 N–H and O–H groups in total. The second-order valence-electron chi connectivity index (χ2n) is 4.24. The first kappa shape index (κ1) is 15.8. The molecule has 1 rings (SSSR count). The summed E-state index contributed by atoms with van der Waals surface area (Å²) in [6, 6.07) is 1.34. The number of anilines is 1. The summed E-state index contributed by atoms with van der Waals surface area (Å²) in [6.45, 7) is 2.20. The first-order valence-electron chi connectivity index (χ1n) is 5.83. The summed E-state index contributed by atoms with van der Waals surface area (Å²) >= 11 is 0. The predicted octanol–water partition coefficient (Wildman–Crippen LogP) is 2.27. The molecule has 0 amide bonds. The first-order valence-corrected chi connectivity index (χ1v) is 5.83. The second-order valence-corrected chi connectivity index (χ2v) is 4.24. The van der Waals surface area contributed by atoms with Crippen LogP contribution in [0.25, 0.3) is 0 Å². The quantitative estimate of drug-likeness (QED) is 0.589. The van der Waals surface area contributed by atoms with E-state index < -0.39 is 28.0 Å². The summed E-state index contributed by atoms with van der Waals surface area (Å²) in [4.78, 5) is 20.9. The number of aromatic carboxylic acids is 1. The van der Waals surface area contributed by atoms with Crippen LogP contribution >= 0.6 is 0 Å². The molecule has 8 heteroatoms. The molecule has 0 radical (unpaired) electrons. The molecule has 1 aromatic rings. The number of nitro groups is 1. The molecule has 1 aromatic carbocycles. The molecule has 7 nitrogen and oxygen atoms in total. The average molecular weight is 286 g/mol. The topological polar surface area (TPSA) is 102 Å². The van der Waals surface area contributed by atoms with E-state index in [2.05, 4.69) is 5.32 Å². The van der Waals surface area contributed by atoms with Crippen LogP contribution in [-0.2, 0) is 4.74 Å². The van der Waals surface area contributed by atoms with E-state index in [-0.39, 0.29) is 11.7 Å². The monoisotopic (exact) mass is 286 g/mol. The van der Waals surface area contributed by atoms with Gasteiger partial charge < -0.3 is 15.2 Å². The fourth-order valence-electron chi connectivity index (χ4n) is 1.62. The Morgan fingerprint density at radius 1 is 1.60 bits per heavy atom. The number of carboxylic acids is 1. The number of nitro benzene ring substituents is 1. The van der Waals surface area contributed by atoms with Crippen molar-refractivity contribution in [2.24, 2.45) is 0 Å². The zero-order valence-electron chi connectivity index (χ0n) is 11.1. The summed E-state index contributed by atoms with van der Waals surface area (Å²) in [5, 5.41) is 22.5. The zero-order valence-corrected chi connectivity index (χ0v) is 11.1. The van der Waals surface area contributed by atoms with Crippen LogP contribution in [0.1, 0.15) is 23.7 Å². The minimum absolute atomic E-state index is 0.0545. The summed E-state index contributed by atoms with van der Waals surface area (Å²) in [7, 11) is 1.52. The van der Waals surface area contributed by atoms with Crippen molar-refractivity contribution >= 4 is 17.3 Å². The summed E-state index contributed by atoms with van der Waals surface area (Å²) in [5.41, 5.74) is -1.26. The van der Waals surface area contributed by atoms with Gasteiger partial charge in [0.1, 0.15) is 17.1 Å². The summed E-state index contributed by atoms with van der Waals surface area (Å²) < 4.78 is 18.5. The van der Waals surface area contributed by atoms with Gasteiger partial charge in [-0.05, 0) is 13.3 Å². The number of ether oxygens (including phenoxy) is 1. The highest BCUT2D eigenvalue weighted by molar-refractivity contribution is 5.90. The van der Waals surface area contributed by atoms with Crippen LogP contribution in [0, 0.1) is 15.9 Å². The van der Waals surface area contributed by atoms with Gasteiger partial charge in [-0.1, -0.05) is 0 Å². The highest BCUT2D eigenvalue weighted by Gasteiger charge is 2.22. The molecule has 0 heterocycles. The SMILES string of the molecule is COCCC(C)Nc1cc(F)c(C(=O)O)cc1[N+](=O)[O-]. The lowest BCUT2D eigenvalue weighted by molar-refractivity contribution is -0.384. The number of nitrogens with zero attached hydrogens (tertiary/aromatic N) is 1. The van der Waals surface area contributed by atoms with Gasteiger partial charge in [-0.3, -0.25) is 10.1 Å². The Morgan fingerprint density at radius 3 is 2.75 bits per heavy atom. The first-order chi connectivity index (χ1) is 9.36. The molecular weight excluding hydrogens is 271 g/mol. The molecule has 0 aliphatic rings. The van der Waals surface area contributed by atoms with Crippen LogP contribution < -0.4 is 5.32 Å². The standard InChI is InChI=1S/C12H15FN2O5/c1-7(3-4-20-2)14-10-6-9(13)8(12(16)17)5-11(10)15(18)19/h5-7,14H,3-4H2,1-2H3,(H,16,17). The molecule has 0 fully saturated rings. The predicted molar refractivity (Wildman–Crippen MR) is 69.6 cm³/mol. The van der Waals surface area contributed by atoms with Crippen molar-refractivity contribution in [3.05, 3.63) is 33.6 Å². The highest BCUT2D eigenvalue weighted by Crippen LogP contribution is 2.28. The maximum Gasteiger partial charge on any atom is 0.338 e. The Kier molecular flexibility index (Phi) is 5.39. The van der Waals surface area contributed by atoms with Crippen LogP contribution in [0.4, 0.5) is 15.8 Å². The molecule has 0 spiro atoms. The van der Waals surface area contributed by atoms with Gasteiger partial charge in [-0.15, -0.1) is 0 Å². The van der Waals surface area contributed by atoms with Crippen molar-refractivity contribution in [2.75, 3.05) is 19.0 Å². The third-order valence-corrected chi connectivity index (χ3v) is 2.67. The van der Waals surface area contributed by atoms with Crippen LogP contribution in [0.2, 0.25) is 0 Å². The van der Waals surface area contributed by atoms with E-state index in [4.69, 9.17) is 9.84 Å². The molecule has 0 saturated heterocycles. The number of halogens is 1. The summed E-state index contributed by atoms with van der Waals surface area (Å²) in [6.07, 6.45) is 0.565. The average Bonchev–Trinajstić information content (AvgIpc) is 2.35. The number of rotatable bonds is 7. The van der Waals surface area contributed by atoms with E-state index >= 15 is 0 Å². The van der Waals surface area contributed by atoms with Gasteiger partial charge in [-0.2, -0.15) is 0 Å². The van der Waals surface area contributed by atoms with Crippen LogP contribution in [0.15, 0.2) is 12.1 Å². The third kappa shape index (κ3) is 3.89. The number of hydrogen-bond donors (Lipinski definition) is 2. The van der Waals surface area contributed by atoms with Gasteiger partial charge in [0.2, 0.25) is 0 Å². The number of benzene rings is 1. The minimum atomic E-state index is -1.55. The lowest BCUT2D eigenvalue weighted by atomic mass is 10.1. The largest absolute Gasteiger partial charge is 0.478 e.